The molecule has 2 aromatic carbocycles. The van der Waals surface area contributed by atoms with Gasteiger partial charge in [-0.05, 0) is 41.8 Å². The maximum atomic E-state index is 12.0. The lowest BCUT2D eigenvalue weighted by molar-refractivity contribution is -0.120. The molecule has 4 rings (SSSR count). The Labute approximate surface area is 171 Å². The number of carbonyl (C=O) groups is 1. The van der Waals surface area contributed by atoms with Gasteiger partial charge in [-0.3, -0.25) is 4.79 Å². The first-order valence-electron chi connectivity index (χ1n) is 9.95. The van der Waals surface area contributed by atoms with Crippen molar-refractivity contribution in [3.05, 3.63) is 83.8 Å². The summed E-state index contributed by atoms with van der Waals surface area (Å²) in [7, 11) is 0. The highest BCUT2D eigenvalue weighted by atomic mass is 16.3. The molecule has 0 saturated heterocycles. The van der Waals surface area contributed by atoms with Gasteiger partial charge in [0.05, 0.1) is 19.4 Å². The summed E-state index contributed by atoms with van der Waals surface area (Å²) in [5.74, 6) is 0.819. The number of nitrogens with zero attached hydrogens (tertiary/aromatic N) is 1. The van der Waals surface area contributed by atoms with Crippen molar-refractivity contribution in [2.75, 3.05) is 24.5 Å². The molecular weight excluding hydrogens is 362 g/mol. The Bertz CT molecular complexity index is 930. The summed E-state index contributed by atoms with van der Waals surface area (Å²) in [6.07, 6.45) is 6.82. The van der Waals surface area contributed by atoms with Gasteiger partial charge < -0.3 is 20.0 Å². The molecule has 0 radical (unpaired) electrons. The predicted molar refractivity (Wildman–Crippen MR) is 117 cm³/mol. The van der Waals surface area contributed by atoms with E-state index in [1.165, 1.54) is 22.5 Å². The third kappa shape index (κ3) is 4.76. The fourth-order valence-corrected chi connectivity index (χ4v) is 3.54. The number of anilines is 2. The van der Waals surface area contributed by atoms with Crippen molar-refractivity contribution in [1.29, 1.82) is 0 Å². The molecule has 1 amide bonds. The first-order chi connectivity index (χ1) is 14.3. The molecule has 0 aliphatic carbocycles. The zero-order valence-electron chi connectivity index (χ0n) is 16.3. The molecule has 0 bridgehead atoms. The minimum Gasteiger partial charge on any atom is -0.468 e. The molecule has 2 heterocycles. The van der Waals surface area contributed by atoms with Crippen molar-refractivity contribution in [2.24, 2.45) is 0 Å². The average Bonchev–Trinajstić information content (AvgIpc) is 3.21. The van der Waals surface area contributed by atoms with Crippen molar-refractivity contribution in [2.45, 2.75) is 13.0 Å². The van der Waals surface area contributed by atoms with E-state index in [1.54, 1.807) is 6.26 Å². The molecule has 5 heteroatoms. The zero-order valence-corrected chi connectivity index (χ0v) is 16.3. The van der Waals surface area contributed by atoms with E-state index in [0.29, 0.717) is 13.1 Å². The highest BCUT2D eigenvalue weighted by Crippen LogP contribution is 2.35. The normalized spacial score (nSPS) is 12.2. The standard InChI is InChI=1S/C24H25N3O2/c28-24(18-25-17-21-9-5-16-29-21)26-14-6-15-27-22-10-3-1-7-19(22)12-13-20-8-2-4-11-23(20)27/h1-5,7-13,16,25H,6,14-15,17-18H2,(H,26,28). The van der Waals surface area contributed by atoms with E-state index >= 15 is 0 Å². The molecule has 3 aromatic rings. The Kier molecular flexibility index (Phi) is 6.07. The van der Waals surface area contributed by atoms with Crippen LogP contribution in [-0.2, 0) is 11.3 Å². The van der Waals surface area contributed by atoms with Gasteiger partial charge in [0.25, 0.3) is 0 Å². The molecule has 0 unspecified atom stereocenters. The van der Waals surface area contributed by atoms with E-state index in [9.17, 15) is 4.79 Å². The number of hydrogen-bond donors (Lipinski definition) is 2. The first-order valence-corrected chi connectivity index (χ1v) is 9.95. The second-order valence-electron chi connectivity index (χ2n) is 6.99. The monoisotopic (exact) mass is 387 g/mol. The van der Waals surface area contributed by atoms with Crippen LogP contribution in [0.15, 0.2) is 71.3 Å². The van der Waals surface area contributed by atoms with Gasteiger partial charge in [0, 0.05) is 24.5 Å². The summed E-state index contributed by atoms with van der Waals surface area (Å²) in [5, 5.41) is 6.08. The van der Waals surface area contributed by atoms with Crippen LogP contribution < -0.4 is 15.5 Å². The summed E-state index contributed by atoms with van der Waals surface area (Å²) < 4.78 is 5.24. The fraction of sp³-hybridized carbons (Fsp3) is 0.208. The number of nitrogens with one attached hydrogen (secondary N) is 2. The number of furan rings is 1. The van der Waals surface area contributed by atoms with Gasteiger partial charge in [0.2, 0.25) is 5.91 Å². The lowest BCUT2D eigenvalue weighted by Crippen LogP contribution is -2.35. The Hall–Kier alpha value is -3.31. The largest absolute Gasteiger partial charge is 0.468 e. The summed E-state index contributed by atoms with van der Waals surface area (Å²) >= 11 is 0. The number of hydrogen-bond acceptors (Lipinski definition) is 4. The van der Waals surface area contributed by atoms with Gasteiger partial charge in [0.1, 0.15) is 5.76 Å². The molecule has 29 heavy (non-hydrogen) atoms. The molecular formula is C24H25N3O2. The Morgan fingerprint density at radius 3 is 2.24 bits per heavy atom. The zero-order chi connectivity index (χ0) is 19.9. The van der Waals surface area contributed by atoms with Crippen LogP contribution in [-0.4, -0.2) is 25.5 Å². The van der Waals surface area contributed by atoms with E-state index in [4.69, 9.17) is 4.42 Å². The van der Waals surface area contributed by atoms with Gasteiger partial charge in [-0.15, -0.1) is 0 Å². The van der Waals surface area contributed by atoms with Crippen molar-refractivity contribution in [3.8, 4) is 0 Å². The number of para-hydroxylation sites is 2. The maximum Gasteiger partial charge on any atom is 0.233 e. The predicted octanol–water partition coefficient (Wildman–Crippen LogP) is 4.20. The van der Waals surface area contributed by atoms with Crippen LogP contribution in [0.5, 0.6) is 0 Å². The second kappa shape index (κ2) is 9.26. The van der Waals surface area contributed by atoms with Gasteiger partial charge in [-0.2, -0.15) is 0 Å². The van der Waals surface area contributed by atoms with E-state index in [1.807, 2.05) is 12.1 Å². The van der Waals surface area contributed by atoms with Crippen molar-refractivity contribution in [1.82, 2.24) is 10.6 Å². The smallest absolute Gasteiger partial charge is 0.233 e. The van der Waals surface area contributed by atoms with Gasteiger partial charge in [-0.25, -0.2) is 0 Å². The Balaban J connectivity index is 1.31. The van der Waals surface area contributed by atoms with Crippen LogP contribution in [0.2, 0.25) is 0 Å². The SMILES string of the molecule is O=C(CNCc1ccco1)NCCCN1c2ccccc2C=Cc2ccccc21. The summed E-state index contributed by atoms with van der Waals surface area (Å²) in [5.41, 5.74) is 4.80. The van der Waals surface area contributed by atoms with E-state index in [2.05, 4.69) is 76.2 Å². The molecule has 0 fully saturated rings. The average molecular weight is 387 g/mol. The van der Waals surface area contributed by atoms with Crippen molar-refractivity contribution < 1.29 is 9.21 Å². The Morgan fingerprint density at radius 2 is 1.59 bits per heavy atom. The molecule has 0 atom stereocenters. The lowest BCUT2D eigenvalue weighted by atomic mass is 10.1. The van der Waals surface area contributed by atoms with E-state index in [-0.39, 0.29) is 12.5 Å². The molecule has 1 aromatic heterocycles. The first kappa shape index (κ1) is 19.0. The highest BCUT2D eigenvalue weighted by Gasteiger charge is 2.17. The minimum atomic E-state index is -0.00473. The number of carbonyl (C=O) groups excluding carboxylic acids is 1. The number of amides is 1. The maximum absolute atomic E-state index is 12.0. The molecule has 2 N–H and O–H groups in total. The van der Waals surface area contributed by atoms with Crippen LogP contribution in [0.3, 0.4) is 0 Å². The van der Waals surface area contributed by atoms with Crippen LogP contribution >= 0.6 is 0 Å². The van der Waals surface area contributed by atoms with E-state index < -0.39 is 0 Å². The molecule has 1 aliphatic rings. The van der Waals surface area contributed by atoms with Crippen LogP contribution in [0, 0.1) is 0 Å². The third-order valence-corrected chi connectivity index (χ3v) is 4.94. The van der Waals surface area contributed by atoms with Gasteiger partial charge >= 0.3 is 0 Å². The highest BCUT2D eigenvalue weighted by molar-refractivity contribution is 5.88. The number of benzene rings is 2. The molecule has 148 valence electrons. The fourth-order valence-electron chi connectivity index (χ4n) is 3.54. The summed E-state index contributed by atoms with van der Waals surface area (Å²) in [6, 6.07) is 20.6. The van der Waals surface area contributed by atoms with E-state index in [0.717, 1.165) is 18.7 Å². The number of fused-ring (bicyclic) bond motifs is 2. The minimum absolute atomic E-state index is 0.00473. The topological polar surface area (TPSA) is 57.5 Å². The van der Waals surface area contributed by atoms with Gasteiger partial charge in [0.15, 0.2) is 0 Å². The van der Waals surface area contributed by atoms with Crippen LogP contribution in [0.25, 0.3) is 12.2 Å². The van der Waals surface area contributed by atoms with Crippen LogP contribution in [0.4, 0.5) is 11.4 Å². The molecule has 5 nitrogen and oxygen atoms in total. The third-order valence-electron chi connectivity index (χ3n) is 4.94. The van der Waals surface area contributed by atoms with Crippen molar-refractivity contribution in [3.63, 3.8) is 0 Å². The van der Waals surface area contributed by atoms with Crippen LogP contribution in [0.1, 0.15) is 23.3 Å². The van der Waals surface area contributed by atoms with Gasteiger partial charge in [-0.1, -0.05) is 48.6 Å². The number of rotatable bonds is 8. The summed E-state index contributed by atoms with van der Waals surface area (Å²) in [4.78, 5) is 14.4. The molecule has 0 saturated carbocycles. The molecule has 1 aliphatic heterocycles. The lowest BCUT2D eigenvalue weighted by Gasteiger charge is -2.27. The Morgan fingerprint density at radius 1 is 0.897 bits per heavy atom. The molecule has 0 spiro atoms. The quantitative estimate of drug-likeness (QED) is 0.569. The summed E-state index contributed by atoms with van der Waals surface area (Å²) in [6.45, 7) is 2.29. The van der Waals surface area contributed by atoms with Crippen molar-refractivity contribution >= 4 is 29.4 Å². The second-order valence-corrected chi connectivity index (χ2v) is 6.99.